The molecule has 1 aromatic carbocycles. The summed E-state index contributed by atoms with van der Waals surface area (Å²) in [4.78, 5) is 4.66. The second-order valence-corrected chi connectivity index (χ2v) is 7.72. The summed E-state index contributed by atoms with van der Waals surface area (Å²) in [5.74, 6) is 0. The van der Waals surface area contributed by atoms with E-state index in [4.69, 9.17) is 0 Å². The summed E-state index contributed by atoms with van der Waals surface area (Å²) in [6.45, 7) is 6.43. The molecule has 1 unspecified atom stereocenters. The molecule has 0 aromatic heterocycles. The number of nitrogens with one attached hydrogen (secondary N) is 1. The summed E-state index contributed by atoms with van der Waals surface area (Å²) < 4.78 is 25.5. The van der Waals surface area contributed by atoms with Crippen molar-refractivity contribution in [3.63, 3.8) is 0 Å². The molecular formula is C15H25N3O2S. The highest BCUT2D eigenvalue weighted by Crippen LogP contribution is 2.22. The molecule has 1 saturated heterocycles. The SMILES string of the molecule is Cc1ccc(C(CNS(C)(=O)=O)N2CCN(C)CC2)cc1. The van der Waals surface area contributed by atoms with Crippen LogP contribution in [0.25, 0.3) is 0 Å². The molecule has 5 nitrogen and oxygen atoms in total. The van der Waals surface area contributed by atoms with E-state index in [0.29, 0.717) is 6.54 Å². The molecule has 1 aliphatic heterocycles. The molecule has 1 aromatic rings. The van der Waals surface area contributed by atoms with Gasteiger partial charge in [-0.05, 0) is 19.5 Å². The van der Waals surface area contributed by atoms with Crippen LogP contribution >= 0.6 is 0 Å². The van der Waals surface area contributed by atoms with Crippen LogP contribution in [0.2, 0.25) is 0 Å². The van der Waals surface area contributed by atoms with Gasteiger partial charge in [0.1, 0.15) is 0 Å². The van der Waals surface area contributed by atoms with Crippen molar-refractivity contribution >= 4 is 10.0 Å². The third-order valence-electron chi connectivity index (χ3n) is 3.98. The first-order valence-electron chi connectivity index (χ1n) is 7.29. The van der Waals surface area contributed by atoms with Crippen LogP contribution in [-0.2, 0) is 10.0 Å². The normalized spacial score (nSPS) is 19.6. The number of benzene rings is 1. The molecule has 1 N–H and O–H groups in total. The molecule has 0 radical (unpaired) electrons. The fraction of sp³-hybridized carbons (Fsp3) is 0.600. The monoisotopic (exact) mass is 311 g/mol. The van der Waals surface area contributed by atoms with E-state index in [9.17, 15) is 8.42 Å². The minimum atomic E-state index is -3.17. The number of likely N-dealkylation sites (N-methyl/N-ethyl adjacent to an activating group) is 1. The van der Waals surface area contributed by atoms with Crippen LogP contribution in [0.1, 0.15) is 17.2 Å². The van der Waals surface area contributed by atoms with E-state index in [-0.39, 0.29) is 6.04 Å². The summed E-state index contributed by atoms with van der Waals surface area (Å²) in [5, 5.41) is 0. The minimum absolute atomic E-state index is 0.0917. The second kappa shape index (κ2) is 6.87. The highest BCUT2D eigenvalue weighted by Gasteiger charge is 2.24. The number of rotatable bonds is 5. The van der Waals surface area contributed by atoms with Crippen LogP contribution < -0.4 is 4.72 Å². The molecule has 1 heterocycles. The Balaban J connectivity index is 2.15. The maximum absolute atomic E-state index is 11.4. The van der Waals surface area contributed by atoms with Gasteiger partial charge in [0.05, 0.1) is 6.26 Å². The zero-order valence-electron chi connectivity index (χ0n) is 13.0. The van der Waals surface area contributed by atoms with Gasteiger partial charge in [0.25, 0.3) is 0 Å². The molecule has 0 aliphatic carbocycles. The topological polar surface area (TPSA) is 52.7 Å². The Kier molecular flexibility index (Phi) is 5.37. The van der Waals surface area contributed by atoms with Crippen molar-refractivity contribution in [2.24, 2.45) is 0 Å². The van der Waals surface area contributed by atoms with Gasteiger partial charge in [-0.3, -0.25) is 4.90 Å². The van der Waals surface area contributed by atoms with Crippen LogP contribution in [0, 0.1) is 6.92 Å². The zero-order valence-corrected chi connectivity index (χ0v) is 13.9. The van der Waals surface area contributed by atoms with Gasteiger partial charge in [0, 0.05) is 38.8 Å². The van der Waals surface area contributed by atoms with Crippen LogP contribution in [0.4, 0.5) is 0 Å². The smallest absolute Gasteiger partial charge is 0.208 e. The number of hydrogen-bond acceptors (Lipinski definition) is 4. The number of sulfonamides is 1. The van der Waals surface area contributed by atoms with E-state index >= 15 is 0 Å². The van der Waals surface area contributed by atoms with Crippen molar-refractivity contribution in [1.29, 1.82) is 0 Å². The van der Waals surface area contributed by atoms with Crippen molar-refractivity contribution in [3.05, 3.63) is 35.4 Å². The lowest BCUT2D eigenvalue weighted by atomic mass is 10.0. The van der Waals surface area contributed by atoms with Crippen molar-refractivity contribution in [1.82, 2.24) is 14.5 Å². The van der Waals surface area contributed by atoms with Gasteiger partial charge in [-0.15, -0.1) is 0 Å². The zero-order chi connectivity index (χ0) is 15.5. The third kappa shape index (κ3) is 5.07. The standard InChI is InChI=1S/C15H25N3O2S/c1-13-4-6-14(7-5-13)15(12-16-21(3,19)20)18-10-8-17(2)9-11-18/h4-7,15-16H,8-12H2,1-3H3. The maximum atomic E-state index is 11.4. The number of nitrogens with zero attached hydrogens (tertiary/aromatic N) is 2. The summed E-state index contributed by atoms with van der Waals surface area (Å²) >= 11 is 0. The molecule has 21 heavy (non-hydrogen) atoms. The predicted octanol–water partition coefficient (Wildman–Crippen LogP) is 0.833. The Morgan fingerprint density at radius 1 is 1.14 bits per heavy atom. The molecule has 6 heteroatoms. The highest BCUT2D eigenvalue weighted by atomic mass is 32.2. The molecule has 0 amide bonds. The quantitative estimate of drug-likeness (QED) is 0.875. The van der Waals surface area contributed by atoms with Crippen LogP contribution in [0.15, 0.2) is 24.3 Å². The van der Waals surface area contributed by atoms with Gasteiger partial charge in [0.15, 0.2) is 0 Å². The van der Waals surface area contributed by atoms with Crippen LogP contribution in [-0.4, -0.2) is 64.2 Å². The lowest BCUT2D eigenvalue weighted by Gasteiger charge is -2.38. The first-order chi connectivity index (χ1) is 9.85. The number of piperazine rings is 1. The molecule has 1 atom stereocenters. The average Bonchev–Trinajstić information content (AvgIpc) is 2.41. The molecule has 0 saturated carbocycles. The second-order valence-electron chi connectivity index (χ2n) is 5.89. The minimum Gasteiger partial charge on any atom is -0.304 e. The Bertz CT molecular complexity index is 549. The Hall–Kier alpha value is -0.950. The molecule has 0 spiro atoms. The van der Waals surface area contributed by atoms with Crippen LogP contribution in [0.5, 0.6) is 0 Å². The molecular weight excluding hydrogens is 286 g/mol. The summed E-state index contributed by atoms with van der Waals surface area (Å²) in [6.07, 6.45) is 1.21. The predicted molar refractivity (Wildman–Crippen MR) is 85.8 cm³/mol. The van der Waals surface area contributed by atoms with Crippen LogP contribution in [0.3, 0.4) is 0 Å². The van der Waals surface area contributed by atoms with E-state index < -0.39 is 10.0 Å². The third-order valence-corrected chi connectivity index (χ3v) is 4.67. The van der Waals surface area contributed by atoms with Crippen molar-refractivity contribution in [2.45, 2.75) is 13.0 Å². The van der Waals surface area contributed by atoms with E-state index in [1.807, 2.05) is 0 Å². The molecule has 1 aliphatic rings. The van der Waals surface area contributed by atoms with Gasteiger partial charge in [-0.1, -0.05) is 29.8 Å². The average molecular weight is 311 g/mol. The molecule has 118 valence electrons. The van der Waals surface area contributed by atoms with Gasteiger partial charge < -0.3 is 4.90 Å². The number of aryl methyl sites for hydroxylation is 1. The summed E-state index contributed by atoms with van der Waals surface area (Å²) in [6, 6.07) is 8.46. The fourth-order valence-electron chi connectivity index (χ4n) is 2.61. The maximum Gasteiger partial charge on any atom is 0.208 e. The molecule has 1 fully saturated rings. The lowest BCUT2D eigenvalue weighted by molar-refractivity contribution is 0.113. The molecule has 0 bridgehead atoms. The Labute approximate surface area is 128 Å². The largest absolute Gasteiger partial charge is 0.304 e. The summed E-state index contributed by atoms with van der Waals surface area (Å²) in [5.41, 5.74) is 2.38. The first kappa shape index (κ1) is 16.4. The summed E-state index contributed by atoms with van der Waals surface area (Å²) in [7, 11) is -1.05. The molecule has 2 rings (SSSR count). The number of hydrogen-bond donors (Lipinski definition) is 1. The van der Waals surface area contributed by atoms with E-state index in [2.05, 4.69) is 52.8 Å². The Morgan fingerprint density at radius 3 is 2.24 bits per heavy atom. The van der Waals surface area contributed by atoms with E-state index in [1.165, 1.54) is 17.4 Å². The van der Waals surface area contributed by atoms with Crippen molar-refractivity contribution in [3.8, 4) is 0 Å². The lowest BCUT2D eigenvalue weighted by Crippen LogP contribution is -2.48. The van der Waals surface area contributed by atoms with Gasteiger partial charge in [-0.25, -0.2) is 13.1 Å². The fourth-order valence-corrected chi connectivity index (χ4v) is 3.07. The highest BCUT2D eigenvalue weighted by molar-refractivity contribution is 7.88. The van der Waals surface area contributed by atoms with Gasteiger partial charge in [0.2, 0.25) is 10.0 Å². The van der Waals surface area contributed by atoms with Gasteiger partial charge >= 0.3 is 0 Å². The Morgan fingerprint density at radius 2 is 1.71 bits per heavy atom. The van der Waals surface area contributed by atoms with Crippen molar-refractivity contribution in [2.75, 3.05) is 46.0 Å². The van der Waals surface area contributed by atoms with E-state index in [0.717, 1.165) is 26.2 Å². The van der Waals surface area contributed by atoms with Gasteiger partial charge in [-0.2, -0.15) is 0 Å². The first-order valence-corrected chi connectivity index (χ1v) is 9.18. The van der Waals surface area contributed by atoms with E-state index in [1.54, 1.807) is 0 Å². The van der Waals surface area contributed by atoms with Crippen molar-refractivity contribution < 1.29 is 8.42 Å².